The molecule has 0 aromatic heterocycles. The van der Waals surface area contributed by atoms with Crippen molar-refractivity contribution in [2.75, 3.05) is 0 Å². The molecule has 1 aromatic carbocycles. The summed E-state index contributed by atoms with van der Waals surface area (Å²) in [6.07, 6.45) is 0.949. The summed E-state index contributed by atoms with van der Waals surface area (Å²) in [6.45, 7) is 0. The largest absolute Gasteiger partial charge is 0.504 e. The van der Waals surface area contributed by atoms with Crippen LogP contribution in [-0.4, -0.2) is 30.0 Å². The molecule has 6 nitrogen and oxygen atoms in total. The molecular formula is C10H8O6S. The van der Waals surface area contributed by atoms with Gasteiger partial charge in [0.25, 0.3) is 11.4 Å². The molecule has 0 heterocycles. The lowest BCUT2D eigenvalue weighted by Gasteiger charge is -2.09. The summed E-state index contributed by atoms with van der Waals surface area (Å²) in [4.78, 5) is 22.5. The summed E-state index contributed by atoms with van der Waals surface area (Å²) in [5.74, 6) is -1.30. The van der Waals surface area contributed by atoms with Crippen molar-refractivity contribution >= 4 is 22.9 Å². The quantitative estimate of drug-likeness (QED) is 0.601. The summed E-state index contributed by atoms with van der Waals surface area (Å²) in [6, 6.07) is 6.43. The number of hydrogen-bond donors (Lipinski definition) is 3. The molecule has 2 rings (SSSR count). The van der Waals surface area contributed by atoms with Gasteiger partial charge in [0.05, 0.1) is 0 Å². The van der Waals surface area contributed by atoms with Gasteiger partial charge >= 0.3 is 0 Å². The van der Waals surface area contributed by atoms with Crippen molar-refractivity contribution in [2.45, 2.75) is 0 Å². The van der Waals surface area contributed by atoms with E-state index in [0.29, 0.717) is 5.56 Å². The number of aliphatic hydroxyl groups is 1. The van der Waals surface area contributed by atoms with E-state index < -0.39 is 22.9 Å². The number of carbonyl (C=O) groups excluding carboxylic acids is 2. The molecule has 7 heteroatoms. The average Bonchev–Trinajstić information content (AvgIpc) is 2.25. The van der Waals surface area contributed by atoms with E-state index in [-0.39, 0.29) is 11.3 Å². The van der Waals surface area contributed by atoms with Gasteiger partial charge < -0.3 is 5.11 Å². The fourth-order valence-electron chi connectivity index (χ4n) is 1.30. The molecular weight excluding hydrogens is 248 g/mol. The first-order valence-corrected chi connectivity index (χ1v) is 5.38. The zero-order valence-electron chi connectivity index (χ0n) is 8.36. The van der Waals surface area contributed by atoms with Gasteiger partial charge in [-0.2, -0.15) is 4.21 Å². The number of rotatable bonds is 0. The maximum Gasteiger partial charge on any atom is 0.299 e. The first-order chi connectivity index (χ1) is 7.93. The maximum atomic E-state index is 11.3. The summed E-state index contributed by atoms with van der Waals surface area (Å²) < 4.78 is 22.8. The van der Waals surface area contributed by atoms with Crippen LogP contribution < -0.4 is 0 Å². The molecule has 0 saturated carbocycles. The van der Waals surface area contributed by atoms with Crippen LogP contribution in [0.2, 0.25) is 0 Å². The van der Waals surface area contributed by atoms with E-state index in [0.717, 1.165) is 6.08 Å². The lowest BCUT2D eigenvalue weighted by atomic mass is 9.94. The number of carbonyl (C=O) groups is 2. The summed E-state index contributed by atoms with van der Waals surface area (Å²) in [5.41, 5.74) is 0.623. The number of aliphatic hydroxyl groups excluding tert-OH is 1. The third kappa shape index (κ3) is 3.31. The molecule has 1 aromatic rings. The molecule has 0 amide bonds. The van der Waals surface area contributed by atoms with E-state index in [1.165, 1.54) is 6.07 Å². The van der Waals surface area contributed by atoms with Gasteiger partial charge in [-0.25, -0.2) is 0 Å². The minimum absolute atomic E-state index is 0.271. The second kappa shape index (κ2) is 5.48. The first-order valence-electron chi connectivity index (χ1n) is 4.32. The summed E-state index contributed by atoms with van der Waals surface area (Å²) >= 11 is -2.61. The molecule has 0 fully saturated rings. The normalized spacial score (nSPS) is 13.7. The molecule has 1 aliphatic carbocycles. The van der Waals surface area contributed by atoms with Gasteiger partial charge in [-0.3, -0.25) is 18.7 Å². The Balaban J connectivity index is 0.000000317. The maximum absolute atomic E-state index is 11.3. The lowest BCUT2D eigenvalue weighted by Crippen LogP contribution is -2.16. The van der Waals surface area contributed by atoms with E-state index >= 15 is 0 Å². The van der Waals surface area contributed by atoms with E-state index in [4.69, 9.17) is 18.4 Å². The molecule has 0 unspecified atom stereocenters. The number of allylic oxidation sites excluding steroid dienone is 2. The predicted molar refractivity (Wildman–Crippen MR) is 59.2 cm³/mol. The first kappa shape index (κ1) is 13.2. The van der Waals surface area contributed by atoms with Crippen LogP contribution in [0.4, 0.5) is 0 Å². The van der Waals surface area contributed by atoms with E-state index in [1.54, 1.807) is 18.2 Å². The third-order valence-electron chi connectivity index (χ3n) is 1.94. The van der Waals surface area contributed by atoms with E-state index in [1.807, 2.05) is 0 Å². The molecule has 0 saturated heterocycles. The Kier molecular flexibility index (Phi) is 4.27. The highest BCUT2D eigenvalue weighted by atomic mass is 32.2. The molecule has 0 atom stereocenters. The third-order valence-corrected chi connectivity index (χ3v) is 1.94. The van der Waals surface area contributed by atoms with Crippen molar-refractivity contribution in [1.29, 1.82) is 0 Å². The Morgan fingerprint density at radius 3 is 2.00 bits per heavy atom. The van der Waals surface area contributed by atoms with Crippen LogP contribution in [0, 0.1) is 0 Å². The van der Waals surface area contributed by atoms with Crippen molar-refractivity contribution in [1.82, 2.24) is 0 Å². The van der Waals surface area contributed by atoms with Crippen LogP contribution in [0.1, 0.15) is 20.7 Å². The predicted octanol–water partition coefficient (Wildman–Crippen LogP) is 1.19. The monoisotopic (exact) mass is 256 g/mol. The van der Waals surface area contributed by atoms with Crippen molar-refractivity contribution in [3.63, 3.8) is 0 Å². The molecule has 0 radical (unpaired) electrons. The highest BCUT2D eigenvalue weighted by Crippen LogP contribution is 2.19. The number of Topliss-reactive ketones (excluding diaryl/α,β-unsaturated/α-hetero) is 1. The second-order valence-electron chi connectivity index (χ2n) is 3.00. The topological polar surface area (TPSA) is 112 Å². The molecule has 3 N–H and O–H groups in total. The second-order valence-corrected chi connectivity index (χ2v) is 3.46. The lowest BCUT2D eigenvalue weighted by molar-refractivity contribution is 0.0939. The van der Waals surface area contributed by atoms with Crippen LogP contribution in [-0.2, 0) is 11.4 Å². The van der Waals surface area contributed by atoms with Gasteiger partial charge in [-0.15, -0.1) is 0 Å². The molecule has 0 spiro atoms. The van der Waals surface area contributed by atoms with Gasteiger partial charge in [0.15, 0.2) is 11.5 Å². The smallest absolute Gasteiger partial charge is 0.299 e. The zero-order chi connectivity index (χ0) is 13.0. The minimum Gasteiger partial charge on any atom is -0.504 e. The number of ketones is 2. The van der Waals surface area contributed by atoms with Crippen molar-refractivity contribution in [2.24, 2.45) is 0 Å². The molecule has 0 aliphatic heterocycles. The van der Waals surface area contributed by atoms with Crippen LogP contribution in [0.5, 0.6) is 0 Å². The zero-order valence-corrected chi connectivity index (χ0v) is 9.18. The van der Waals surface area contributed by atoms with E-state index in [9.17, 15) is 9.59 Å². The Morgan fingerprint density at radius 1 is 1.00 bits per heavy atom. The number of fused-ring (bicyclic) bond motifs is 1. The van der Waals surface area contributed by atoms with Crippen molar-refractivity contribution in [3.05, 3.63) is 47.2 Å². The molecule has 0 bridgehead atoms. The fraction of sp³-hybridized carbons (Fsp3) is 0. The van der Waals surface area contributed by atoms with Crippen LogP contribution in [0.3, 0.4) is 0 Å². The molecule has 17 heavy (non-hydrogen) atoms. The van der Waals surface area contributed by atoms with Crippen LogP contribution in [0.15, 0.2) is 36.1 Å². The number of hydrogen-bond acceptors (Lipinski definition) is 4. The Bertz CT molecular complexity index is 515. The van der Waals surface area contributed by atoms with Crippen molar-refractivity contribution < 1.29 is 28.0 Å². The van der Waals surface area contributed by atoms with Crippen LogP contribution in [0.25, 0.3) is 0 Å². The van der Waals surface area contributed by atoms with E-state index in [2.05, 4.69) is 0 Å². The summed E-state index contributed by atoms with van der Waals surface area (Å²) in [7, 11) is 0. The highest BCUT2D eigenvalue weighted by molar-refractivity contribution is 7.73. The molecule has 90 valence electrons. The standard InChI is InChI=1S/C10H6O3.H2O3S/c11-8-5-9(12)10(13)7-4-2-1-3-6(7)8;1-4(2)3/h1-5,12H;(H2,1,2,3). The fourth-order valence-corrected chi connectivity index (χ4v) is 1.30. The van der Waals surface area contributed by atoms with Gasteiger partial charge in [-0.1, -0.05) is 24.3 Å². The van der Waals surface area contributed by atoms with Gasteiger partial charge in [0.1, 0.15) is 0 Å². The van der Waals surface area contributed by atoms with Gasteiger partial charge in [-0.05, 0) is 0 Å². The SMILES string of the molecule is O=C1C=C(O)C(=O)c2ccccc21.O=S(O)O. The van der Waals surface area contributed by atoms with Crippen LogP contribution >= 0.6 is 0 Å². The highest BCUT2D eigenvalue weighted by Gasteiger charge is 2.24. The Morgan fingerprint density at radius 2 is 1.47 bits per heavy atom. The minimum atomic E-state index is -2.61. The Hall–Kier alpha value is -1.83. The summed E-state index contributed by atoms with van der Waals surface area (Å²) in [5, 5.41) is 9.09. The average molecular weight is 256 g/mol. The van der Waals surface area contributed by atoms with Gasteiger partial charge in [0, 0.05) is 17.2 Å². The van der Waals surface area contributed by atoms with Crippen molar-refractivity contribution in [3.8, 4) is 0 Å². The van der Waals surface area contributed by atoms with Gasteiger partial charge in [0.2, 0.25) is 5.78 Å². The Labute approximate surface area is 98.7 Å². The number of benzene rings is 1. The molecule has 1 aliphatic rings.